The first-order valence-corrected chi connectivity index (χ1v) is 8.55. The highest BCUT2D eigenvalue weighted by Gasteiger charge is 2.13. The predicted octanol–water partition coefficient (Wildman–Crippen LogP) is 2.18. The summed E-state index contributed by atoms with van der Waals surface area (Å²) >= 11 is 0. The maximum atomic E-state index is 13.3. The van der Waals surface area contributed by atoms with Crippen molar-refractivity contribution in [2.24, 2.45) is 0 Å². The zero-order chi connectivity index (χ0) is 19.9. The van der Waals surface area contributed by atoms with Crippen LogP contribution in [0.3, 0.4) is 0 Å². The number of nitrogens with one attached hydrogen (secondary N) is 2. The molecule has 3 aromatic rings. The molecule has 0 aliphatic carbocycles. The number of hydrogen-bond donors (Lipinski definition) is 2. The van der Waals surface area contributed by atoms with Crippen molar-refractivity contribution in [3.63, 3.8) is 0 Å². The topological polar surface area (TPSA) is 96.9 Å². The molecule has 8 heteroatoms. The molecule has 0 bridgehead atoms. The summed E-state index contributed by atoms with van der Waals surface area (Å²) in [6.45, 7) is 2.19. The number of carbonyl (C=O) groups is 2. The smallest absolute Gasteiger partial charge is 0.270 e. The molecular formula is C20H18FN5O2. The second kappa shape index (κ2) is 8.81. The fraction of sp³-hybridized carbons (Fsp3) is 0.150. The van der Waals surface area contributed by atoms with Crippen molar-refractivity contribution < 1.29 is 14.0 Å². The quantitative estimate of drug-likeness (QED) is 0.684. The van der Waals surface area contributed by atoms with Crippen LogP contribution in [0, 0.1) is 12.7 Å². The Kier molecular flexibility index (Phi) is 6.01. The zero-order valence-electron chi connectivity index (χ0n) is 15.1. The molecule has 0 spiro atoms. The summed E-state index contributed by atoms with van der Waals surface area (Å²) < 4.78 is 13.3. The molecule has 0 fully saturated rings. The molecule has 0 unspecified atom stereocenters. The van der Waals surface area contributed by atoms with Crippen LogP contribution in [0.5, 0.6) is 0 Å². The number of hydrogen-bond acceptors (Lipinski definition) is 5. The van der Waals surface area contributed by atoms with Crippen molar-refractivity contribution >= 4 is 11.8 Å². The normalized spacial score (nSPS) is 10.4. The molecule has 7 nitrogen and oxygen atoms in total. The van der Waals surface area contributed by atoms with Crippen molar-refractivity contribution in [3.05, 3.63) is 89.0 Å². The Bertz CT molecular complexity index is 995. The SMILES string of the molecule is Cc1cc(CNC(=O)c2cc(C(=O)NCc3ccncc3)ncn2)ccc1F. The molecule has 0 aliphatic heterocycles. The van der Waals surface area contributed by atoms with Crippen LogP contribution in [-0.2, 0) is 13.1 Å². The van der Waals surface area contributed by atoms with Gasteiger partial charge in [-0.1, -0.05) is 12.1 Å². The van der Waals surface area contributed by atoms with E-state index in [9.17, 15) is 14.0 Å². The first-order valence-electron chi connectivity index (χ1n) is 8.55. The Labute approximate surface area is 161 Å². The van der Waals surface area contributed by atoms with E-state index < -0.39 is 11.8 Å². The molecular weight excluding hydrogens is 361 g/mol. The molecule has 142 valence electrons. The van der Waals surface area contributed by atoms with Gasteiger partial charge in [-0.2, -0.15) is 0 Å². The van der Waals surface area contributed by atoms with Gasteiger partial charge in [0.15, 0.2) is 0 Å². The molecule has 1 aromatic carbocycles. The predicted molar refractivity (Wildman–Crippen MR) is 99.7 cm³/mol. The molecule has 0 saturated carbocycles. The van der Waals surface area contributed by atoms with Crippen LogP contribution in [0.2, 0.25) is 0 Å². The molecule has 2 amide bonds. The fourth-order valence-electron chi connectivity index (χ4n) is 2.47. The monoisotopic (exact) mass is 379 g/mol. The molecule has 0 atom stereocenters. The molecule has 2 N–H and O–H groups in total. The van der Waals surface area contributed by atoms with Crippen LogP contribution in [0.15, 0.2) is 55.1 Å². The van der Waals surface area contributed by atoms with Crippen molar-refractivity contribution in [3.8, 4) is 0 Å². The second-order valence-electron chi connectivity index (χ2n) is 6.09. The van der Waals surface area contributed by atoms with Crippen molar-refractivity contribution in [1.29, 1.82) is 0 Å². The van der Waals surface area contributed by atoms with Gasteiger partial charge in [0.25, 0.3) is 11.8 Å². The van der Waals surface area contributed by atoms with Crippen LogP contribution in [-0.4, -0.2) is 26.8 Å². The third-order valence-corrected chi connectivity index (χ3v) is 4.01. The summed E-state index contributed by atoms with van der Waals surface area (Å²) in [7, 11) is 0. The van der Waals surface area contributed by atoms with Gasteiger partial charge in [-0.25, -0.2) is 14.4 Å². The lowest BCUT2D eigenvalue weighted by Crippen LogP contribution is -2.27. The first-order chi connectivity index (χ1) is 13.5. The number of halogens is 1. The van der Waals surface area contributed by atoms with Gasteiger partial charge in [-0.15, -0.1) is 0 Å². The lowest BCUT2D eigenvalue weighted by atomic mass is 10.1. The van der Waals surface area contributed by atoms with Crippen LogP contribution in [0.4, 0.5) is 4.39 Å². The summed E-state index contributed by atoms with van der Waals surface area (Å²) in [5.41, 5.74) is 2.32. The molecule has 0 aliphatic rings. The average molecular weight is 379 g/mol. The maximum Gasteiger partial charge on any atom is 0.270 e. The molecule has 3 rings (SSSR count). The number of nitrogens with zero attached hydrogens (tertiary/aromatic N) is 3. The zero-order valence-corrected chi connectivity index (χ0v) is 15.1. The number of aryl methyl sites for hydroxylation is 1. The Morgan fingerprint density at radius 1 is 0.893 bits per heavy atom. The minimum absolute atomic E-state index is 0.0721. The summed E-state index contributed by atoms with van der Waals surface area (Å²) in [6.07, 6.45) is 4.44. The molecule has 0 radical (unpaired) electrons. The molecule has 0 saturated heterocycles. The number of rotatable bonds is 6. The lowest BCUT2D eigenvalue weighted by molar-refractivity contribution is 0.0944. The van der Waals surface area contributed by atoms with E-state index in [1.807, 2.05) is 0 Å². The van der Waals surface area contributed by atoms with Crippen molar-refractivity contribution in [2.45, 2.75) is 20.0 Å². The number of pyridine rings is 1. The van der Waals surface area contributed by atoms with Crippen molar-refractivity contribution in [1.82, 2.24) is 25.6 Å². The summed E-state index contributed by atoms with van der Waals surface area (Å²) in [4.78, 5) is 36.3. The van der Waals surface area contributed by atoms with E-state index >= 15 is 0 Å². The van der Waals surface area contributed by atoms with E-state index in [2.05, 4.69) is 25.6 Å². The fourth-order valence-corrected chi connectivity index (χ4v) is 2.47. The minimum atomic E-state index is -0.451. The lowest BCUT2D eigenvalue weighted by Gasteiger charge is -2.08. The largest absolute Gasteiger partial charge is 0.347 e. The minimum Gasteiger partial charge on any atom is -0.347 e. The van der Waals surface area contributed by atoms with Crippen molar-refractivity contribution in [2.75, 3.05) is 0 Å². The summed E-state index contributed by atoms with van der Waals surface area (Å²) in [5.74, 6) is -1.16. The Balaban J connectivity index is 1.60. The van der Waals surface area contributed by atoms with Gasteiger partial charge in [0.2, 0.25) is 0 Å². The van der Waals surface area contributed by atoms with Gasteiger partial charge in [-0.3, -0.25) is 14.6 Å². The highest BCUT2D eigenvalue weighted by molar-refractivity contribution is 5.97. The maximum absolute atomic E-state index is 13.3. The summed E-state index contributed by atoms with van der Waals surface area (Å²) in [5, 5.41) is 5.42. The van der Waals surface area contributed by atoms with Crippen LogP contribution < -0.4 is 10.6 Å². The van der Waals surface area contributed by atoms with Gasteiger partial charge in [-0.05, 0) is 41.8 Å². The van der Waals surface area contributed by atoms with Gasteiger partial charge in [0.05, 0.1) is 0 Å². The van der Waals surface area contributed by atoms with E-state index in [-0.39, 0.29) is 23.7 Å². The molecule has 2 heterocycles. The van der Waals surface area contributed by atoms with E-state index in [0.717, 1.165) is 17.5 Å². The Morgan fingerprint density at radius 2 is 1.50 bits per heavy atom. The van der Waals surface area contributed by atoms with Gasteiger partial charge in [0.1, 0.15) is 23.5 Å². The van der Waals surface area contributed by atoms with Crippen LogP contribution in [0.1, 0.15) is 37.7 Å². The van der Waals surface area contributed by atoms with Gasteiger partial charge < -0.3 is 10.6 Å². The van der Waals surface area contributed by atoms with E-state index in [4.69, 9.17) is 0 Å². The molecule has 2 aromatic heterocycles. The number of carbonyl (C=O) groups excluding carboxylic acids is 2. The van der Waals surface area contributed by atoms with E-state index in [1.165, 1.54) is 12.1 Å². The van der Waals surface area contributed by atoms with Crippen LogP contribution in [0.25, 0.3) is 0 Å². The highest BCUT2D eigenvalue weighted by atomic mass is 19.1. The first kappa shape index (κ1) is 19.1. The number of aromatic nitrogens is 3. The van der Waals surface area contributed by atoms with E-state index in [0.29, 0.717) is 12.1 Å². The second-order valence-corrected chi connectivity index (χ2v) is 6.09. The standard InChI is InChI=1S/C20H18FN5O2/c1-13-8-15(2-3-16(13)21)11-24-20(28)18-9-17(25-12-26-18)19(27)23-10-14-4-6-22-7-5-14/h2-9,12H,10-11H2,1H3,(H,23,27)(H,24,28). The summed E-state index contributed by atoms with van der Waals surface area (Å²) in [6, 6.07) is 9.51. The third-order valence-electron chi connectivity index (χ3n) is 4.01. The third kappa shape index (κ3) is 4.94. The van der Waals surface area contributed by atoms with Gasteiger partial charge >= 0.3 is 0 Å². The molecule has 28 heavy (non-hydrogen) atoms. The van der Waals surface area contributed by atoms with E-state index in [1.54, 1.807) is 43.6 Å². The Hall–Kier alpha value is -3.68. The van der Waals surface area contributed by atoms with Crippen LogP contribution >= 0.6 is 0 Å². The number of amides is 2. The van der Waals surface area contributed by atoms with Gasteiger partial charge in [0, 0.05) is 31.5 Å². The highest BCUT2D eigenvalue weighted by Crippen LogP contribution is 2.09. The number of benzene rings is 1. The average Bonchev–Trinajstić information content (AvgIpc) is 2.73. The Morgan fingerprint density at radius 3 is 2.11 bits per heavy atom.